The molecule has 3 aromatic rings. The minimum Gasteiger partial charge on any atom is -0.480 e. The molecule has 1 unspecified atom stereocenters. The van der Waals surface area contributed by atoms with Crippen molar-refractivity contribution < 1.29 is 9.90 Å². The number of aryl methyl sites for hydroxylation is 2. The monoisotopic (exact) mass is 369 g/mol. The Morgan fingerprint density at radius 1 is 1.27 bits per heavy atom. The molecule has 0 fully saturated rings. The molecule has 1 atom stereocenters. The highest BCUT2D eigenvalue weighted by Crippen LogP contribution is 2.38. The Balaban J connectivity index is 2.06. The molecule has 0 aliphatic rings. The number of hydrogen-bond acceptors (Lipinski definition) is 5. The highest BCUT2D eigenvalue weighted by atomic mass is 32.1. The summed E-state index contributed by atoms with van der Waals surface area (Å²) in [6.07, 6.45) is 3.87. The van der Waals surface area contributed by atoms with E-state index < -0.39 is 12.0 Å². The summed E-state index contributed by atoms with van der Waals surface area (Å²) in [6.45, 7) is 6.22. The number of nitrogens with one attached hydrogen (secondary N) is 1. The third kappa shape index (κ3) is 3.70. The van der Waals surface area contributed by atoms with E-state index in [0.717, 1.165) is 34.2 Å². The number of carbonyl (C=O) groups is 1. The highest BCUT2D eigenvalue weighted by Gasteiger charge is 2.21. The van der Waals surface area contributed by atoms with Gasteiger partial charge in [0.2, 0.25) is 0 Å². The average molecular weight is 369 g/mol. The Hall–Kier alpha value is -2.47. The highest BCUT2D eigenvalue weighted by molar-refractivity contribution is 7.17. The predicted molar refractivity (Wildman–Crippen MR) is 107 cm³/mol. The fraction of sp³-hybridized carbons (Fsp3) is 0.350. The molecular formula is C20H23N3O2S. The minimum absolute atomic E-state index is 0.570. The van der Waals surface area contributed by atoms with Gasteiger partial charge in [0.15, 0.2) is 0 Å². The molecule has 0 spiro atoms. The van der Waals surface area contributed by atoms with E-state index >= 15 is 0 Å². The van der Waals surface area contributed by atoms with Crippen LogP contribution in [0.4, 0.5) is 5.82 Å². The normalized spacial score (nSPS) is 12.3. The first kappa shape index (κ1) is 18.3. The van der Waals surface area contributed by atoms with Crippen LogP contribution in [0.1, 0.15) is 37.3 Å². The van der Waals surface area contributed by atoms with Crippen LogP contribution in [0.25, 0.3) is 21.3 Å². The zero-order chi connectivity index (χ0) is 18.7. The molecule has 0 aliphatic heterocycles. The SMILES string of the molecule is CCCCC(Nc1ncnc2scc(-c3ccc(C)cc3C)c12)C(=O)O. The van der Waals surface area contributed by atoms with Crippen molar-refractivity contribution in [3.05, 3.63) is 41.0 Å². The second-order valence-electron chi connectivity index (χ2n) is 6.55. The third-order valence-corrected chi connectivity index (χ3v) is 5.38. The molecule has 0 bridgehead atoms. The lowest BCUT2D eigenvalue weighted by atomic mass is 9.99. The zero-order valence-corrected chi connectivity index (χ0v) is 16.1. The standard InChI is InChI=1S/C20H23N3O2S/c1-4-5-6-16(20(24)25)23-18-17-15(10-26-19(17)22-11-21-18)14-8-7-12(2)9-13(14)3/h7-11,16H,4-6H2,1-3H3,(H,24,25)(H,21,22,23). The van der Waals surface area contributed by atoms with Crippen LogP contribution in [-0.4, -0.2) is 27.1 Å². The maximum Gasteiger partial charge on any atom is 0.326 e. The molecule has 2 N–H and O–H groups in total. The number of hydrogen-bond donors (Lipinski definition) is 2. The quantitative estimate of drug-likeness (QED) is 0.611. The Labute approximate surface area is 157 Å². The number of fused-ring (bicyclic) bond motifs is 1. The molecule has 26 heavy (non-hydrogen) atoms. The van der Waals surface area contributed by atoms with E-state index in [4.69, 9.17) is 0 Å². The van der Waals surface area contributed by atoms with Gasteiger partial charge >= 0.3 is 5.97 Å². The van der Waals surface area contributed by atoms with Crippen molar-refractivity contribution in [2.75, 3.05) is 5.32 Å². The van der Waals surface area contributed by atoms with Gasteiger partial charge in [0.1, 0.15) is 23.0 Å². The van der Waals surface area contributed by atoms with Crippen LogP contribution in [0, 0.1) is 13.8 Å². The van der Waals surface area contributed by atoms with Gasteiger partial charge in [0.05, 0.1) is 5.39 Å². The summed E-state index contributed by atoms with van der Waals surface area (Å²) in [6, 6.07) is 5.69. The van der Waals surface area contributed by atoms with Crippen LogP contribution in [0.2, 0.25) is 0 Å². The van der Waals surface area contributed by atoms with Crippen LogP contribution in [0.3, 0.4) is 0 Å². The molecular weight excluding hydrogens is 346 g/mol. The molecule has 6 heteroatoms. The first-order valence-corrected chi connectivity index (χ1v) is 9.68. The van der Waals surface area contributed by atoms with Crippen molar-refractivity contribution in [2.24, 2.45) is 0 Å². The van der Waals surface area contributed by atoms with E-state index in [1.807, 2.05) is 0 Å². The lowest BCUT2D eigenvalue weighted by Gasteiger charge is -2.16. The molecule has 2 heterocycles. The number of rotatable bonds is 7. The molecule has 3 rings (SSSR count). The maximum absolute atomic E-state index is 11.6. The summed E-state index contributed by atoms with van der Waals surface area (Å²) in [5.41, 5.74) is 4.57. The average Bonchev–Trinajstić information content (AvgIpc) is 3.03. The van der Waals surface area contributed by atoms with Gasteiger partial charge in [-0.2, -0.15) is 0 Å². The molecule has 1 aromatic carbocycles. The number of nitrogens with zero attached hydrogens (tertiary/aromatic N) is 2. The van der Waals surface area contributed by atoms with Crippen molar-refractivity contribution in [1.29, 1.82) is 0 Å². The topological polar surface area (TPSA) is 75.1 Å². The Kier molecular flexibility index (Phi) is 5.52. The molecule has 5 nitrogen and oxygen atoms in total. The second kappa shape index (κ2) is 7.83. The summed E-state index contributed by atoms with van der Waals surface area (Å²) >= 11 is 1.55. The van der Waals surface area contributed by atoms with Gasteiger partial charge in [-0.1, -0.05) is 43.5 Å². The number of aliphatic carboxylic acids is 1. The number of carboxylic acids is 1. The number of benzene rings is 1. The van der Waals surface area contributed by atoms with Crippen LogP contribution in [0.15, 0.2) is 29.9 Å². The van der Waals surface area contributed by atoms with Crippen molar-refractivity contribution in [3.8, 4) is 11.1 Å². The number of carboxylic acid groups (broad SMARTS) is 1. The number of unbranched alkanes of at least 4 members (excludes halogenated alkanes) is 1. The zero-order valence-electron chi connectivity index (χ0n) is 15.2. The van der Waals surface area contributed by atoms with E-state index in [1.54, 1.807) is 11.3 Å². The van der Waals surface area contributed by atoms with Crippen molar-refractivity contribution in [2.45, 2.75) is 46.1 Å². The van der Waals surface area contributed by atoms with E-state index in [0.29, 0.717) is 12.2 Å². The van der Waals surface area contributed by atoms with E-state index in [9.17, 15) is 9.90 Å². The molecule has 0 radical (unpaired) electrons. The lowest BCUT2D eigenvalue weighted by molar-refractivity contribution is -0.138. The number of aromatic nitrogens is 2. The van der Waals surface area contributed by atoms with E-state index in [-0.39, 0.29) is 0 Å². The molecule has 0 saturated heterocycles. The number of anilines is 1. The molecule has 0 saturated carbocycles. The first-order chi connectivity index (χ1) is 12.5. The van der Waals surface area contributed by atoms with Crippen LogP contribution >= 0.6 is 11.3 Å². The molecule has 0 amide bonds. The van der Waals surface area contributed by atoms with E-state index in [1.165, 1.54) is 17.5 Å². The summed E-state index contributed by atoms with van der Waals surface area (Å²) in [5.74, 6) is -0.261. The van der Waals surface area contributed by atoms with E-state index in [2.05, 4.69) is 59.6 Å². The Morgan fingerprint density at radius 2 is 2.08 bits per heavy atom. The van der Waals surface area contributed by atoms with Gasteiger partial charge in [-0.3, -0.25) is 0 Å². The Bertz CT molecular complexity index is 936. The number of thiophene rings is 1. The minimum atomic E-state index is -0.853. The maximum atomic E-state index is 11.6. The first-order valence-electron chi connectivity index (χ1n) is 8.80. The summed E-state index contributed by atoms with van der Waals surface area (Å²) < 4.78 is 0. The van der Waals surface area contributed by atoms with Gasteiger partial charge < -0.3 is 10.4 Å². The van der Waals surface area contributed by atoms with Gasteiger partial charge in [0.25, 0.3) is 0 Å². The van der Waals surface area contributed by atoms with Crippen LogP contribution < -0.4 is 5.32 Å². The predicted octanol–water partition coefficient (Wildman–Crippen LogP) is 5.03. The van der Waals surface area contributed by atoms with Gasteiger partial charge in [-0.05, 0) is 31.4 Å². The molecule has 0 aliphatic carbocycles. The summed E-state index contributed by atoms with van der Waals surface area (Å²) in [4.78, 5) is 21.2. The fourth-order valence-electron chi connectivity index (χ4n) is 3.13. The van der Waals surface area contributed by atoms with Crippen LogP contribution in [-0.2, 0) is 4.79 Å². The summed E-state index contributed by atoms with van der Waals surface area (Å²) in [7, 11) is 0. The molecule has 136 valence electrons. The summed E-state index contributed by atoms with van der Waals surface area (Å²) in [5, 5.41) is 15.6. The van der Waals surface area contributed by atoms with Crippen LogP contribution in [0.5, 0.6) is 0 Å². The third-order valence-electron chi connectivity index (χ3n) is 4.50. The smallest absolute Gasteiger partial charge is 0.326 e. The largest absolute Gasteiger partial charge is 0.480 e. The van der Waals surface area contributed by atoms with Crippen molar-refractivity contribution in [3.63, 3.8) is 0 Å². The second-order valence-corrected chi connectivity index (χ2v) is 7.41. The van der Waals surface area contributed by atoms with Crippen molar-refractivity contribution >= 4 is 33.3 Å². The van der Waals surface area contributed by atoms with Gasteiger partial charge in [-0.25, -0.2) is 14.8 Å². The lowest BCUT2D eigenvalue weighted by Crippen LogP contribution is -2.29. The van der Waals surface area contributed by atoms with Gasteiger partial charge in [-0.15, -0.1) is 11.3 Å². The molecule has 2 aromatic heterocycles. The Morgan fingerprint density at radius 3 is 2.77 bits per heavy atom. The fourth-order valence-corrected chi connectivity index (χ4v) is 4.04. The van der Waals surface area contributed by atoms with Crippen molar-refractivity contribution in [1.82, 2.24) is 9.97 Å². The van der Waals surface area contributed by atoms with Gasteiger partial charge in [0, 0.05) is 10.9 Å².